The van der Waals surface area contributed by atoms with Gasteiger partial charge in [-0.3, -0.25) is 9.59 Å². The van der Waals surface area contributed by atoms with Crippen molar-refractivity contribution in [2.75, 3.05) is 12.4 Å². The van der Waals surface area contributed by atoms with Crippen molar-refractivity contribution >= 4 is 22.8 Å². The van der Waals surface area contributed by atoms with Crippen molar-refractivity contribution < 1.29 is 14.3 Å². The Morgan fingerprint density at radius 2 is 2.00 bits per heavy atom. The standard InChI is InChI=1S/C13H17NO3S/c1-2-17-13(16)11(14)9-18-12(15)8-10-6-4-3-5-7-10/h3-7,11H,2,8-9,14H2,1H3/t11-/m1/s1. The maximum atomic E-state index is 11.7. The van der Waals surface area contributed by atoms with Crippen LogP contribution in [0.25, 0.3) is 0 Å². The average Bonchev–Trinajstić information content (AvgIpc) is 2.37. The second-order valence-electron chi connectivity index (χ2n) is 3.70. The van der Waals surface area contributed by atoms with Crippen LogP contribution < -0.4 is 5.73 Å². The van der Waals surface area contributed by atoms with Crippen LogP contribution in [0.1, 0.15) is 12.5 Å². The van der Waals surface area contributed by atoms with Gasteiger partial charge in [0.25, 0.3) is 0 Å². The highest BCUT2D eigenvalue weighted by Gasteiger charge is 2.16. The summed E-state index contributed by atoms with van der Waals surface area (Å²) < 4.78 is 4.77. The van der Waals surface area contributed by atoms with Crippen LogP contribution in [0.4, 0.5) is 0 Å². The molecule has 0 radical (unpaired) electrons. The van der Waals surface area contributed by atoms with Crippen LogP contribution in [0.15, 0.2) is 30.3 Å². The van der Waals surface area contributed by atoms with E-state index in [0.717, 1.165) is 17.3 Å². The first-order chi connectivity index (χ1) is 8.63. The molecule has 1 rings (SSSR count). The Morgan fingerprint density at radius 1 is 1.33 bits per heavy atom. The van der Waals surface area contributed by atoms with E-state index in [9.17, 15) is 9.59 Å². The van der Waals surface area contributed by atoms with Gasteiger partial charge in [0.15, 0.2) is 5.12 Å². The SMILES string of the molecule is CCOC(=O)[C@H](N)CSC(=O)Cc1ccccc1. The third-order valence-corrected chi connectivity index (χ3v) is 3.20. The van der Waals surface area contributed by atoms with Crippen molar-refractivity contribution in [2.45, 2.75) is 19.4 Å². The summed E-state index contributed by atoms with van der Waals surface area (Å²) in [6, 6.07) is 8.72. The molecule has 1 atom stereocenters. The maximum Gasteiger partial charge on any atom is 0.323 e. The molecular formula is C13H17NO3S. The Kier molecular flexibility index (Phi) is 6.46. The molecule has 0 amide bonds. The fourth-order valence-corrected chi connectivity index (χ4v) is 2.08. The molecule has 0 bridgehead atoms. The van der Waals surface area contributed by atoms with Crippen molar-refractivity contribution in [1.29, 1.82) is 0 Å². The smallest absolute Gasteiger partial charge is 0.323 e. The van der Waals surface area contributed by atoms with Crippen LogP contribution >= 0.6 is 11.8 Å². The highest BCUT2D eigenvalue weighted by molar-refractivity contribution is 8.13. The van der Waals surface area contributed by atoms with Crippen molar-refractivity contribution in [3.05, 3.63) is 35.9 Å². The molecule has 4 nitrogen and oxygen atoms in total. The van der Waals surface area contributed by atoms with Gasteiger partial charge >= 0.3 is 5.97 Å². The number of thioether (sulfide) groups is 1. The monoisotopic (exact) mass is 267 g/mol. The summed E-state index contributed by atoms with van der Waals surface area (Å²) in [5.74, 6) is -0.206. The van der Waals surface area contributed by atoms with Gasteiger partial charge < -0.3 is 10.5 Å². The number of rotatable bonds is 6. The lowest BCUT2D eigenvalue weighted by Gasteiger charge is -2.09. The summed E-state index contributed by atoms with van der Waals surface area (Å²) in [5, 5.41) is 0.000878. The predicted octanol–water partition coefficient (Wildman–Crippen LogP) is 1.38. The molecule has 0 saturated carbocycles. The molecule has 0 heterocycles. The zero-order valence-electron chi connectivity index (χ0n) is 10.3. The second kappa shape index (κ2) is 7.89. The first-order valence-corrected chi connectivity index (χ1v) is 6.73. The van der Waals surface area contributed by atoms with Crippen molar-refractivity contribution in [2.24, 2.45) is 5.73 Å². The summed E-state index contributed by atoms with van der Waals surface area (Å²) in [6.07, 6.45) is 0.348. The van der Waals surface area contributed by atoms with Gasteiger partial charge in [0.2, 0.25) is 0 Å². The molecule has 1 aromatic carbocycles. The van der Waals surface area contributed by atoms with E-state index < -0.39 is 12.0 Å². The van der Waals surface area contributed by atoms with Crippen LogP contribution in [0.5, 0.6) is 0 Å². The Labute approximate surface area is 111 Å². The van der Waals surface area contributed by atoms with Gasteiger partial charge in [0.05, 0.1) is 6.61 Å². The minimum atomic E-state index is -0.741. The van der Waals surface area contributed by atoms with E-state index in [1.807, 2.05) is 30.3 Å². The number of esters is 1. The molecule has 0 aromatic heterocycles. The Balaban J connectivity index is 2.31. The van der Waals surface area contributed by atoms with E-state index in [1.165, 1.54) is 0 Å². The molecule has 0 aliphatic rings. The van der Waals surface area contributed by atoms with Gasteiger partial charge in [0, 0.05) is 12.2 Å². The first kappa shape index (κ1) is 14.7. The van der Waals surface area contributed by atoms with Crippen molar-refractivity contribution in [3.8, 4) is 0 Å². The number of benzene rings is 1. The third-order valence-electron chi connectivity index (χ3n) is 2.20. The van der Waals surface area contributed by atoms with Crippen LogP contribution in [-0.2, 0) is 20.7 Å². The lowest BCUT2D eigenvalue weighted by atomic mass is 10.2. The molecule has 0 saturated heterocycles. The molecule has 0 unspecified atom stereocenters. The minimum absolute atomic E-state index is 0.000878. The molecule has 1 aromatic rings. The van der Waals surface area contributed by atoms with Crippen LogP contribution in [-0.4, -0.2) is 29.5 Å². The molecule has 18 heavy (non-hydrogen) atoms. The highest BCUT2D eigenvalue weighted by atomic mass is 32.2. The van der Waals surface area contributed by atoms with Gasteiger partial charge in [-0.1, -0.05) is 42.1 Å². The molecule has 0 fully saturated rings. The predicted molar refractivity (Wildman–Crippen MR) is 72.2 cm³/mol. The first-order valence-electron chi connectivity index (χ1n) is 5.75. The van der Waals surface area contributed by atoms with Crippen molar-refractivity contribution in [3.63, 3.8) is 0 Å². The van der Waals surface area contributed by atoms with Crippen LogP contribution in [0.2, 0.25) is 0 Å². The lowest BCUT2D eigenvalue weighted by Crippen LogP contribution is -2.35. The molecule has 0 aliphatic heterocycles. The van der Waals surface area contributed by atoms with Gasteiger partial charge in [-0.25, -0.2) is 0 Å². The second-order valence-corrected chi connectivity index (χ2v) is 4.78. The number of nitrogens with two attached hydrogens (primary N) is 1. The minimum Gasteiger partial charge on any atom is -0.465 e. The van der Waals surface area contributed by atoms with E-state index in [0.29, 0.717) is 13.0 Å². The topological polar surface area (TPSA) is 69.4 Å². The Morgan fingerprint density at radius 3 is 2.61 bits per heavy atom. The average molecular weight is 267 g/mol. The molecule has 98 valence electrons. The summed E-state index contributed by atoms with van der Waals surface area (Å²) in [5.41, 5.74) is 6.56. The number of hydrogen-bond acceptors (Lipinski definition) is 5. The molecule has 0 spiro atoms. The summed E-state index contributed by atoms with van der Waals surface area (Å²) in [6.45, 7) is 2.02. The summed E-state index contributed by atoms with van der Waals surface area (Å²) in [4.78, 5) is 22.9. The fraction of sp³-hybridized carbons (Fsp3) is 0.385. The molecule has 5 heteroatoms. The van der Waals surface area contributed by atoms with Gasteiger partial charge in [-0.05, 0) is 12.5 Å². The number of carbonyl (C=O) groups is 2. The third kappa shape index (κ3) is 5.33. The zero-order chi connectivity index (χ0) is 13.4. The Bertz CT molecular complexity index is 394. The molecule has 0 aliphatic carbocycles. The van der Waals surface area contributed by atoms with E-state index in [1.54, 1.807) is 6.92 Å². The van der Waals surface area contributed by atoms with E-state index >= 15 is 0 Å². The van der Waals surface area contributed by atoms with Crippen molar-refractivity contribution in [1.82, 2.24) is 0 Å². The van der Waals surface area contributed by atoms with Crippen LogP contribution in [0, 0.1) is 0 Å². The van der Waals surface area contributed by atoms with E-state index in [4.69, 9.17) is 10.5 Å². The quantitative estimate of drug-likeness (QED) is 0.789. The van der Waals surface area contributed by atoms with Gasteiger partial charge in [-0.15, -0.1) is 0 Å². The molecule has 2 N–H and O–H groups in total. The van der Waals surface area contributed by atoms with Gasteiger partial charge in [-0.2, -0.15) is 0 Å². The van der Waals surface area contributed by atoms with E-state index in [2.05, 4.69) is 0 Å². The highest BCUT2D eigenvalue weighted by Crippen LogP contribution is 2.10. The number of carbonyl (C=O) groups excluding carboxylic acids is 2. The maximum absolute atomic E-state index is 11.7. The number of ether oxygens (including phenoxy) is 1. The van der Waals surface area contributed by atoms with Crippen LogP contribution in [0.3, 0.4) is 0 Å². The number of hydrogen-bond donors (Lipinski definition) is 1. The Hall–Kier alpha value is -1.33. The lowest BCUT2D eigenvalue weighted by molar-refractivity contribution is -0.144. The summed E-state index contributed by atoms with van der Waals surface area (Å²) in [7, 11) is 0. The zero-order valence-corrected chi connectivity index (χ0v) is 11.1. The van der Waals surface area contributed by atoms with E-state index in [-0.39, 0.29) is 10.9 Å². The van der Waals surface area contributed by atoms with Gasteiger partial charge in [0.1, 0.15) is 6.04 Å². The largest absolute Gasteiger partial charge is 0.465 e. The normalized spacial score (nSPS) is 11.9. The summed E-state index contributed by atoms with van der Waals surface area (Å²) >= 11 is 1.07. The fourth-order valence-electron chi connectivity index (χ4n) is 1.31. The molecular weight excluding hydrogens is 250 g/mol.